The van der Waals surface area contributed by atoms with E-state index in [1.807, 2.05) is 121 Å². The zero-order valence-corrected chi connectivity index (χ0v) is 26.0. The molecule has 0 saturated carbocycles. The Bertz CT molecular complexity index is 1830. The molecule has 0 spiro atoms. The summed E-state index contributed by atoms with van der Waals surface area (Å²) >= 11 is 0. The van der Waals surface area contributed by atoms with Gasteiger partial charge in [0.25, 0.3) is 0 Å². The van der Waals surface area contributed by atoms with E-state index in [1.54, 1.807) is 48.5 Å². The largest absolute Gasteiger partial charge is 0.508 e. The van der Waals surface area contributed by atoms with Crippen LogP contribution in [0.4, 0.5) is 0 Å². The molecule has 0 saturated heterocycles. The Kier molecular flexibility index (Phi) is 11.6. The fraction of sp³-hybridized carbons (Fsp3) is 0. The molecule has 8 rings (SSSR count). The second-order valence-electron chi connectivity index (χ2n) is 10.1. The third-order valence-electron chi connectivity index (χ3n) is 6.93. The number of rotatable bonds is 0. The second-order valence-corrected chi connectivity index (χ2v) is 10.1. The molecule has 0 atom stereocenters. The summed E-state index contributed by atoms with van der Waals surface area (Å²) in [6.07, 6.45) is 0. The molecular formula is C40H32O4Ti. The average Bonchev–Trinajstić information content (AvgIpc) is 3.05. The molecule has 4 N–H and O–H groups in total. The van der Waals surface area contributed by atoms with Crippen LogP contribution >= 0.6 is 0 Å². The van der Waals surface area contributed by atoms with Gasteiger partial charge in [0.15, 0.2) is 0 Å². The van der Waals surface area contributed by atoms with Gasteiger partial charge in [-0.25, -0.2) is 0 Å². The van der Waals surface area contributed by atoms with Crippen molar-refractivity contribution in [2.45, 2.75) is 0 Å². The smallest absolute Gasteiger partial charge is 0.116 e. The molecule has 8 aromatic carbocycles. The quantitative estimate of drug-likeness (QED) is 0.127. The molecule has 0 aromatic heterocycles. The fourth-order valence-corrected chi connectivity index (χ4v) is 4.71. The fourth-order valence-electron chi connectivity index (χ4n) is 4.71. The van der Waals surface area contributed by atoms with Crippen LogP contribution in [0.15, 0.2) is 170 Å². The molecule has 0 heterocycles. The zero-order chi connectivity index (χ0) is 30.7. The van der Waals surface area contributed by atoms with E-state index < -0.39 is 0 Å². The molecule has 4 nitrogen and oxygen atoms in total. The number of hydrogen-bond donors (Lipinski definition) is 4. The van der Waals surface area contributed by atoms with Crippen molar-refractivity contribution in [1.82, 2.24) is 0 Å². The monoisotopic (exact) mass is 624 g/mol. The van der Waals surface area contributed by atoms with Gasteiger partial charge in [0.1, 0.15) is 23.0 Å². The summed E-state index contributed by atoms with van der Waals surface area (Å²) < 4.78 is 0. The molecule has 0 bridgehead atoms. The number of phenolic OH excluding ortho intramolecular Hbond substituents is 4. The molecule has 0 unspecified atom stereocenters. The van der Waals surface area contributed by atoms with Gasteiger partial charge in [0.2, 0.25) is 0 Å². The first kappa shape index (κ1) is 32.6. The molecule has 0 fully saturated rings. The van der Waals surface area contributed by atoms with Gasteiger partial charge in [-0.1, -0.05) is 121 Å². The van der Waals surface area contributed by atoms with Crippen molar-refractivity contribution >= 4 is 43.1 Å². The van der Waals surface area contributed by atoms with Crippen molar-refractivity contribution in [2.75, 3.05) is 0 Å². The molecule has 0 amide bonds. The minimum atomic E-state index is 0. The van der Waals surface area contributed by atoms with Gasteiger partial charge in [-0.3, -0.25) is 0 Å². The molecule has 220 valence electrons. The van der Waals surface area contributed by atoms with Crippen LogP contribution in [0, 0.1) is 0 Å². The normalized spacial score (nSPS) is 9.96. The van der Waals surface area contributed by atoms with E-state index in [0.29, 0.717) is 23.0 Å². The SMILES string of the molecule is Oc1ccc2ccccc2c1.Oc1ccc2ccccc2c1.Oc1ccc2ccccc2c1.Oc1ccc2ccccc2c1.[Ti]. The van der Waals surface area contributed by atoms with Crippen molar-refractivity contribution in [3.8, 4) is 23.0 Å². The summed E-state index contributed by atoms with van der Waals surface area (Å²) in [5.74, 6) is 1.29. The first-order valence-corrected chi connectivity index (χ1v) is 14.2. The van der Waals surface area contributed by atoms with E-state index in [4.69, 9.17) is 20.4 Å². The zero-order valence-electron chi connectivity index (χ0n) is 24.5. The van der Waals surface area contributed by atoms with Gasteiger partial charge in [-0.05, 0) is 91.6 Å². The Labute approximate surface area is 277 Å². The molecule has 0 aliphatic rings. The van der Waals surface area contributed by atoms with Crippen molar-refractivity contribution in [1.29, 1.82) is 0 Å². The standard InChI is InChI=1S/4C10H8O.Ti/c4*11-10-6-5-8-3-1-2-4-9(8)7-10;/h4*1-7,11H;. The Hall–Kier alpha value is -5.29. The summed E-state index contributed by atoms with van der Waals surface area (Å²) in [7, 11) is 0. The summed E-state index contributed by atoms with van der Waals surface area (Å²) in [6.45, 7) is 0. The Morgan fingerprint density at radius 1 is 0.222 bits per heavy atom. The maximum Gasteiger partial charge on any atom is 0.116 e. The van der Waals surface area contributed by atoms with Gasteiger partial charge >= 0.3 is 0 Å². The average molecular weight is 625 g/mol. The van der Waals surface area contributed by atoms with Gasteiger partial charge in [-0.2, -0.15) is 0 Å². The van der Waals surface area contributed by atoms with Crippen LogP contribution < -0.4 is 0 Å². The van der Waals surface area contributed by atoms with Gasteiger partial charge in [0, 0.05) is 21.7 Å². The molecule has 45 heavy (non-hydrogen) atoms. The van der Waals surface area contributed by atoms with Crippen molar-refractivity contribution < 1.29 is 42.1 Å². The first-order chi connectivity index (χ1) is 21.4. The number of benzene rings is 8. The van der Waals surface area contributed by atoms with Crippen LogP contribution in [-0.2, 0) is 21.7 Å². The van der Waals surface area contributed by atoms with Crippen LogP contribution in [-0.4, -0.2) is 20.4 Å². The van der Waals surface area contributed by atoms with Crippen LogP contribution in [0.1, 0.15) is 0 Å². The predicted octanol–water partition coefficient (Wildman–Crippen LogP) is 10.2. The molecule has 0 radical (unpaired) electrons. The van der Waals surface area contributed by atoms with E-state index in [-0.39, 0.29) is 21.7 Å². The van der Waals surface area contributed by atoms with Crippen LogP contribution in [0.25, 0.3) is 43.1 Å². The topological polar surface area (TPSA) is 80.9 Å². The van der Waals surface area contributed by atoms with Gasteiger partial charge in [0.05, 0.1) is 0 Å². The molecule has 8 aromatic rings. The maximum atomic E-state index is 9.13. The first-order valence-electron chi connectivity index (χ1n) is 14.2. The third kappa shape index (κ3) is 9.35. The maximum absolute atomic E-state index is 9.13. The van der Waals surface area contributed by atoms with Crippen molar-refractivity contribution in [3.05, 3.63) is 170 Å². The number of hydrogen-bond acceptors (Lipinski definition) is 4. The second kappa shape index (κ2) is 16.0. The van der Waals surface area contributed by atoms with Crippen LogP contribution in [0.3, 0.4) is 0 Å². The van der Waals surface area contributed by atoms with Crippen molar-refractivity contribution in [3.63, 3.8) is 0 Å². The van der Waals surface area contributed by atoms with E-state index in [0.717, 1.165) is 43.1 Å². The van der Waals surface area contributed by atoms with Crippen LogP contribution in [0.2, 0.25) is 0 Å². The molecule has 0 aliphatic heterocycles. The summed E-state index contributed by atoms with van der Waals surface area (Å²) in [5, 5.41) is 45.5. The van der Waals surface area contributed by atoms with E-state index >= 15 is 0 Å². The van der Waals surface area contributed by atoms with E-state index in [2.05, 4.69) is 0 Å². The van der Waals surface area contributed by atoms with Gasteiger partial charge in [-0.15, -0.1) is 0 Å². The van der Waals surface area contributed by atoms with Crippen LogP contribution in [0.5, 0.6) is 23.0 Å². The molecule has 0 aliphatic carbocycles. The number of fused-ring (bicyclic) bond motifs is 4. The summed E-state index contributed by atoms with van der Waals surface area (Å²) in [6, 6.07) is 53.3. The Morgan fingerprint density at radius 2 is 0.400 bits per heavy atom. The summed E-state index contributed by atoms with van der Waals surface area (Å²) in [4.78, 5) is 0. The van der Waals surface area contributed by atoms with Gasteiger partial charge < -0.3 is 20.4 Å². The third-order valence-corrected chi connectivity index (χ3v) is 6.93. The summed E-state index contributed by atoms with van der Waals surface area (Å²) in [5.41, 5.74) is 0. The van der Waals surface area contributed by atoms with Crippen molar-refractivity contribution in [2.24, 2.45) is 0 Å². The Morgan fingerprint density at radius 3 is 0.600 bits per heavy atom. The molecular weight excluding hydrogens is 592 g/mol. The minimum Gasteiger partial charge on any atom is -0.508 e. The van der Waals surface area contributed by atoms with E-state index in [9.17, 15) is 0 Å². The predicted molar refractivity (Wildman–Crippen MR) is 182 cm³/mol. The van der Waals surface area contributed by atoms with E-state index in [1.165, 1.54) is 0 Å². The minimum absolute atomic E-state index is 0. The number of aromatic hydroxyl groups is 4. The number of phenols is 4. The molecule has 5 heteroatoms. The Balaban J connectivity index is 0.000000136.